The lowest BCUT2D eigenvalue weighted by Gasteiger charge is -2.25. The van der Waals surface area contributed by atoms with E-state index in [1.54, 1.807) is 0 Å². The quantitative estimate of drug-likeness (QED) is 0.916. The number of aromatic amines is 1. The average molecular weight is 324 g/mol. The van der Waals surface area contributed by atoms with Crippen LogP contribution in [0, 0.1) is 5.92 Å². The van der Waals surface area contributed by atoms with Crippen LogP contribution in [0.2, 0.25) is 0 Å². The average Bonchev–Trinajstić information content (AvgIpc) is 3.30. The van der Waals surface area contributed by atoms with E-state index in [9.17, 15) is 4.79 Å². The molecular weight excluding hydrogens is 300 g/mol. The summed E-state index contributed by atoms with van der Waals surface area (Å²) in [5, 5.41) is 0. The molecule has 0 bridgehead atoms. The van der Waals surface area contributed by atoms with E-state index in [2.05, 4.69) is 25.8 Å². The van der Waals surface area contributed by atoms with Crippen molar-refractivity contribution in [3.63, 3.8) is 0 Å². The number of amides is 1. The van der Waals surface area contributed by atoms with E-state index in [1.165, 1.54) is 5.56 Å². The zero-order valence-corrected chi connectivity index (χ0v) is 13.9. The molecule has 2 aromatic heterocycles. The molecule has 2 atom stereocenters. The van der Waals surface area contributed by atoms with Crippen molar-refractivity contribution in [1.82, 2.24) is 19.8 Å². The fourth-order valence-electron chi connectivity index (χ4n) is 4.15. The first-order chi connectivity index (χ1) is 11.8. The van der Waals surface area contributed by atoms with E-state index in [0.29, 0.717) is 24.3 Å². The molecule has 2 aliphatic rings. The Morgan fingerprint density at radius 1 is 1.29 bits per heavy atom. The van der Waals surface area contributed by atoms with E-state index in [1.807, 2.05) is 36.8 Å². The highest BCUT2D eigenvalue weighted by Gasteiger charge is 2.42. The van der Waals surface area contributed by atoms with Gasteiger partial charge in [-0.3, -0.25) is 14.7 Å². The maximum absolute atomic E-state index is 12.6. The number of rotatable bonds is 5. The van der Waals surface area contributed by atoms with Gasteiger partial charge >= 0.3 is 0 Å². The van der Waals surface area contributed by atoms with Gasteiger partial charge in [0.2, 0.25) is 5.91 Å². The molecular formula is C19H24N4O. The molecule has 2 fully saturated rings. The van der Waals surface area contributed by atoms with Gasteiger partial charge < -0.3 is 9.88 Å². The van der Waals surface area contributed by atoms with Crippen LogP contribution in [-0.4, -0.2) is 51.4 Å². The minimum absolute atomic E-state index is 0.306. The van der Waals surface area contributed by atoms with Crippen LogP contribution in [0.1, 0.15) is 24.1 Å². The topological polar surface area (TPSA) is 52.2 Å². The molecule has 126 valence electrons. The predicted molar refractivity (Wildman–Crippen MR) is 92.2 cm³/mol. The van der Waals surface area contributed by atoms with Crippen molar-refractivity contribution in [3.8, 4) is 0 Å². The number of hydrogen-bond acceptors (Lipinski definition) is 3. The molecule has 4 rings (SSSR count). The maximum Gasteiger partial charge on any atom is 0.223 e. The van der Waals surface area contributed by atoms with E-state index in [0.717, 1.165) is 44.7 Å². The fourth-order valence-corrected chi connectivity index (χ4v) is 4.15. The van der Waals surface area contributed by atoms with Gasteiger partial charge in [-0.15, -0.1) is 0 Å². The number of aryl methyl sites for hydroxylation is 1. The number of H-pyrrole nitrogens is 1. The number of aromatic nitrogens is 2. The zero-order chi connectivity index (χ0) is 16.4. The molecule has 0 unspecified atom stereocenters. The number of pyridine rings is 1. The van der Waals surface area contributed by atoms with Crippen molar-refractivity contribution >= 4 is 5.91 Å². The predicted octanol–water partition coefficient (Wildman–Crippen LogP) is 2.08. The lowest BCUT2D eigenvalue weighted by molar-refractivity contribution is -0.132. The zero-order valence-electron chi connectivity index (χ0n) is 13.9. The Morgan fingerprint density at radius 3 is 3.04 bits per heavy atom. The first-order valence-corrected chi connectivity index (χ1v) is 8.82. The van der Waals surface area contributed by atoms with E-state index < -0.39 is 0 Å². The summed E-state index contributed by atoms with van der Waals surface area (Å²) < 4.78 is 0. The van der Waals surface area contributed by atoms with Gasteiger partial charge in [0.15, 0.2) is 0 Å². The van der Waals surface area contributed by atoms with Gasteiger partial charge in [-0.25, -0.2) is 0 Å². The van der Waals surface area contributed by atoms with Crippen molar-refractivity contribution in [2.75, 3.05) is 19.6 Å². The third-order valence-electron chi connectivity index (χ3n) is 5.34. The highest BCUT2D eigenvalue weighted by molar-refractivity contribution is 5.77. The SMILES string of the molecule is O=C(CCc1ccc[nH]1)N1CC[C@H]2CN(Cc3cccnc3)C[C@H]21. The summed E-state index contributed by atoms with van der Waals surface area (Å²) in [6, 6.07) is 8.55. The Hall–Kier alpha value is -2.14. The number of nitrogens with one attached hydrogen (secondary N) is 1. The van der Waals surface area contributed by atoms with Gasteiger partial charge in [0.05, 0.1) is 0 Å². The summed E-state index contributed by atoms with van der Waals surface area (Å²) in [6.07, 6.45) is 8.22. The third kappa shape index (κ3) is 3.22. The molecule has 5 nitrogen and oxygen atoms in total. The minimum Gasteiger partial charge on any atom is -0.365 e. The highest BCUT2D eigenvalue weighted by Crippen LogP contribution is 2.32. The number of carbonyl (C=O) groups excluding carboxylic acids is 1. The molecule has 1 N–H and O–H groups in total. The van der Waals surface area contributed by atoms with Crippen LogP contribution in [0.15, 0.2) is 42.9 Å². The number of likely N-dealkylation sites (tertiary alicyclic amines) is 2. The summed E-state index contributed by atoms with van der Waals surface area (Å²) in [5.41, 5.74) is 2.39. The first kappa shape index (κ1) is 15.4. The van der Waals surface area contributed by atoms with Gasteiger partial charge in [-0.2, -0.15) is 0 Å². The molecule has 0 aliphatic carbocycles. The molecule has 2 aliphatic heterocycles. The van der Waals surface area contributed by atoms with Gasteiger partial charge in [0, 0.05) is 62.9 Å². The van der Waals surface area contributed by atoms with Crippen molar-refractivity contribution < 1.29 is 4.79 Å². The largest absolute Gasteiger partial charge is 0.365 e. The van der Waals surface area contributed by atoms with Crippen LogP contribution < -0.4 is 0 Å². The first-order valence-electron chi connectivity index (χ1n) is 8.82. The standard InChI is InChI=1S/C19H24N4O/c24-19(6-5-17-4-2-9-21-17)23-10-7-16-13-22(14-18(16)23)12-15-3-1-8-20-11-15/h1-4,8-9,11,16,18,21H,5-7,10,12-14H2/t16-,18+/m0/s1. The number of hydrogen-bond donors (Lipinski definition) is 1. The molecule has 0 aromatic carbocycles. The summed E-state index contributed by atoms with van der Waals surface area (Å²) in [7, 11) is 0. The lowest BCUT2D eigenvalue weighted by Crippen LogP contribution is -2.39. The highest BCUT2D eigenvalue weighted by atomic mass is 16.2. The Labute approximate surface area is 142 Å². The second-order valence-electron chi connectivity index (χ2n) is 6.95. The lowest BCUT2D eigenvalue weighted by atomic mass is 10.0. The number of fused-ring (bicyclic) bond motifs is 1. The maximum atomic E-state index is 12.6. The van der Waals surface area contributed by atoms with Gasteiger partial charge in [-0.1, -0.05) is 6.07 Å². The van der Waals surface area contributed by atoms with Crippen molar-refractivity contribution in [2.45, 2.75) is 31.8 Å². The molecule has 2 aromatic rings. The Bertz CT molecular complexity index is 670. The van der Waals surface area contributed by atoms with Crippen LogP contribution >= 0.6 is 0 Å². The molecule has 1 amide bonds. The van der Waals surface area contributed by atoms with Gasteiger partial charge in [-0.05, 0) is 42.5 Å². The van der Waals surface area contributed by atoms with Crippen molar-refractivity contribution in [3.05, 3.63) is 54.1 Å². The van der Waals surface area contributed by atoms with Gasteiger partial charge in [0.1, 0.15) is 0 Å². The molecule has 24 heavy (non-hydrogen) atoms. The van der Waals surface area contributed by atoms with E-state index in [-0.39, 0.29) is 0 Å². The molecule has 0 radical (unpaired) electrons. The van der Waals surface area contributed by atoms with Crippen LogP contribution in [0.5, 0.6) is 0 Å². The second-order valence-corrected chi connectivity index (χ2v) is 6.95. The molecule has 0 saturated carbocycles. The van der Waals surface area contributed by atoms with Crippen molar-refractivity contribution in [2.24, 2.45) is 5.92 Å². The van der Waals surface area contributed by atoms with Crippen LogP contribution in [0.3, 0.4) is 0 Å². The Kier molecular flexibility index (Phi) is 4.34. The van der Waals surface area contributed by atoms with Gasteiger partial charge in [0.25, 0.3) is 0 Å². The minimum atomic E-state index is 0.306. The summed E-state index contributed by atoms with van der Waals surface area (Å²) in [5.74, 6) is 0.941. The van der Waals surface area contributed by atoms with Crippen molar-refractivity contribution in [1.29, 1.82) is 0 Å². The smallest absolute Gasteiger partial charge is 0.223 e. The molecule has 4 heterocycles. The Morgan fingerprint density at radius 2 is 2.25 bits per heavy atom. The number of carbonyl (C=O) groups is 1. The summed E-state index contributed by atoms with van der Waals surface area (Å²) in [4.78, 5) is 24.6. The Balaban J connectivity index is 1.33. The fraction of sp³-hybridized carbons (Fsp3) is 0.474. The summed E-state index contributed by atoms with van der Waals surface area (Å²) in [6.45, 7) is 3.96. The number of nitrogens with zero attached hydrogens (tertiary/aromatic N) is 3. The monoisotopic (exact) mass is 324 g/mol. The normalized spacial score (nSPS) is 23.6. The molecule has 0 spiro atoms. The van der Waals surface area contributed by atoms with Crippen LogP contribution in [0.4, 0.5) is 0 Å². The summed E-state index contributed by atoms with van der Waals surface area (Å²) >= 11 is 0. The second kappa shape index (κ2) is 6.77. The molecule has 5 heteroatoms. The molecule has 2 saturated heterocycles. The van der Waals surface area contributed by atoms with Crippen LogP contribution in [-0.2, 0) is 17.8 Å². The van der Waals surface area contributed by atoms with E-state index >= 15 is 0 Å². The third-order valence-corrected chi connectivity index (χ3v) is 5.34. The van der Waals surface area contributed by atoms with Crippen LogP contribution in [0.25, 0.3) is 0 Å². The van der Waals surface area contributed by atoms with E-state index in [4.69, 9.17) is 0 Å².